The summed E-state index contributed by atoms with van der Waals surface area (Å²) in [5.41, 5.74) is 0.100. The molecule has 7 heteroatoms. The van der Waals surface area contributed by atoms with Crippen molar-refractivity contribution < 1.29 is 4.79 Å². The van der Waals surface area contributed by atoms with Crippen LogP contribution in [0.25, 0.3) is 5.69 Å². The van der Waals surface area contributed by atoms with Crippen LogP contribution in [0.3, 0.4) is 0 Å². The molecule has 0 bridgehead atoms. The number of benzene rings is 1. The third-order valence-corrected chi connectivity index (χ3v) is 3.29. The molecule has 0 saturated carbocycles. The molecule has 0 radical (unpaired) electrons. The van der Waals surface area contributed by atoms with Crippen molar-refractivity contribution >= 4 is 11.9 Å². The summed E-state index contributed by atoms with van der Waals surface area (Å²) in [5, 5.41) is 0. The van der Waals surface area contributed by atoms with Crippen molar-refractivity contribution in [2.75, 3.05) is 11.4 Å². The lowest BCUT2D eigenvalue weighted by atomic mass is 10.2. The third-order valence-electron chi connectivity index (χ3n) is 3.29. The molecule has 1 aromatic carbocycles. The highest BCUT2D eigenvalue weighted by Crippen LogP contribution is 2.08. The standard InChI is InChI=1S/C16H20N4O3/c1-10(2)9-19(12(4)21)14-17-15(22)20(16(23)18-14)13-7-5-11(3)6-8-13/h5-8,10H,9H2,1-4H3,(H,17,18,22,23). The molecule has 0 aliphatic heterocycles. The molecule has 2 aromatic rings. The van der Waals surface area contributed by atoms with Crippen molar-refractivity contribution in [3.8, 4) is 5.69 Å². The molecule has 1 amide bonds. The van der Waals surface area contributed by atoms with Crippen LogP contribution in [0.1, 0.15) is 26.3 Å². The minimum Gasteiger partial charge on any atom is -0.282 e. The Kier molecular flexibility index (Phi) is 4.78. The van der Waals surface area contributed by atoms with E-state index in [-0.39, 0.29) is 17.8 Å². The lowest BCUT2D eigenvalue weighted by Gasteiger charge is -2.21. The quantitative estimate of drug-likeness (QED) is 0.919. The summed E-state index contributed by atoms with van der Waals surface area (Å²) in [7, 11) is 0. The van der Waals surface area contributed by atoms with Crippen LogP contribution in [-0.4, -0.2) is 27.0 Å². The summed E-state index contributed by atoms with van der Waals surface area (Å²) in [5.74, 6) is -0.136. The fourth-order valence-electron chi connectivity index (χ4n) is 2.19. The molecule has 0 atom stereocenters. The molecule has 0 unspecified atom stereocenters. The lowest BCUT2D eigenvalue weighted by Crippen LogP contribution is -2.41. The number of carbonyl (C=O) groups is 1. The number of hydrogen-bond donors (Lipinski definition) is 1. The topological polar surface area (TPSA) is 88.1 Å². The van der Waals surface area contributed by atoms with Crippen LogP contribution in [0, 0.1) is 12.8 Å². The van der Waals surface area contributed by atoms with Gasteiger partial charge in [0, 0.05) is 13.5 Å². The van der Waals surface area contributed by atoms with Crippen LogP contribution in [0.4, 0.5) is 5.95 Å². The molecule has 7 nitrogen and oxygen atoms in total. The summed E-state index contributed by atoms with van der Waals surface area (Å²) in [6, 6.07) is 6.94. The van der Waals surface area contributed by atoms with E-state index in [2.05, 4.69) is 9.97 Å². The van der Waals surface area contributed by atoms with Crippen molar-refractivity contribution in [1.82, 2.24) is 14.5 Å². The number of carbonyl (C=O) groups excluding carboxylic acids is 1. The van der Waals surface area contributed by atoms with Crippen molar-refractivity contribution in [1.29, 1.82) is 0 Å². The van der Waals surface area contributed by atoms with Crippen molar-refractivity contribution in [3.05, 3.63) is 50.8 Å². The fraction of sp³-hybridized carbons (Fsp3) is 0.375. The highest BCUT2D eigenvalue weighted by Gasteiger charge is 2.18. The number of amides is 1. The summed E-state index contributed by atoms with van der Waals surface area (Å²) >= 11 is 0. The maximum atomic E-state index is 12.3. The Morgan fingerprint density at radius 1 is 1.26 bits per heavy atom. The molecule has 122 valence electrons. The van der Waals surface area contributed by atoms with Gasteiger partial charge in [0.1, 0.15) is 0 Å². The molecular formula is C16H20N4O3. The first kappa shape index (κ1) is 16.7. The Morgan fingerprint density at radius 3 is 2.35 bits per heavy atom. The zero-order valence-electron chi connectivity index (χ0n) is 13.7. The summed E-state index contributed by atoms with van der Waals surface area (Å²) < 4.78 is 0.941. The van der Waals surface area contributed by atoms with Gasteiger partial charge in [-0.3, -0.25) is 14.7 Å². The molecule has 23 heavy (non-hydrogen) atoms. The molecule has 1 heterocycles. The van der Waals surface area contributed by atoms with Gasteiger partial charge in [-0.15, -0.1) is 0 Å². The zero-order chi connectivity index (χ0) is 17.1. The van der Waals surface area contributed by atoms with Crippen LogP contribution >= 0.6 is 0 Å². The smallest absolute Gasteiger partial charge is 0.282 e. The fourth-order valence-corrected chi connectivity index (χ4v) is 2.19. The zero-order valence-corrected chi connectivity index (χ0v) is 13.7. The van der Waals surface area contributed by atoms with Gasteiger partial charge >= 0.3 is 11.4 Å². The van der Waals surface area contributed by atoms with Crippen molar-refractivity contribution in [2.24, 2.45) is 5.92 Å². The van der Waals surface area contributed by atoms with Gasteiger partial charge in [0.2, 0.25) is 11.9 Å². The first-order valence-corrected chi connectivity index (χ1v) is 7.38. The van der Waals surface area contributed by atoms with Gasteiger partial charge < -0.3 is 0 Å². The molecule has 0 spiro atoms. The van der Waals surface area contributed by atoms with E-state index in [1.165, 1.54) is 11.8 Å². The SMILES string of the molecule is CC(=O)N(CC(C)C)c1nc(=O)n(-c2ccc(C)cc2)c(=O)[nH]1. The molecule has 0 fully saturated rings. The maximum absolute atomic E-state index is 12.3. The van der Waals surface area contributed by atoms with Crippen LogP contribution in [0.5, 0.6) is 0 Å². The minimum atomic E-state index is -0.720. The third kappa shape index (κ3) is 3.74. The van der Waals surface area contributed by atoms with E-state index in [4.69, 9.17) is 0 Å². The summed E-state index contributed by atoms with van der Waals surface area (Å²) in [6.45, 7) is 7.51. The molecule has 0 saturated heterocycles. The Labute approximate surface area is 133 Å². The number of H-pyrrole nitrogens is 1. The van der Waals surface area contributed by atoms with Gasteiger partial charge in [0.25, 0.3) is 0 Å². The predicted molar refractivity (Wildman–Crippen MR) is 88.1 cm³/mol. The minimum absolute atomic E-state index is 0.0236. The van der Waals surface area contributed by atoms with Gasteiger partial charge in [0.15, 0.2) is 0 Å². The van der Waals surface area contributed by atoms with Gasteiger partial charge in [-0.1, -0.05) is 31.5 Å². The first-order valence-electron chi connectivity index (χ1n) is 7.38. The highest BCUT2D eigenvalue weighted by atomic mass is 16.2. The Hall–Kier alpha value is -2.70. The number of nitrogens with one attached hydrogen (secondary N) is 1. The number of hydrogen-bond acceptors (Lipinski definition) is 4. The van der Waals surface area contributed by atoms with Crippen LogP contribution < -0.4 is 16.3 Å². The first-order chi connectivity index (χ1) is 10.8. The Morgan fingerprint density at radius 2 is 1.87 bits per heavy atom. The Bertz CT molecular complexity index is 787. The van der Waals surface area contributed by atoms with Gasteiger partial charge in [-0.2, -0.15) is 4.98 Å². The van der Waals surface area contributed by atoms with E-state index < -0.39 is 11.4 Å². The van der Waals surface area contributed by atoms with Crippen molar-refractivity contribution in [3.63, 3.8) is 0 Å². The van der Waals surface area contributed by atoms with E-state index in [0.717, 1.165) is 10.1 Å². The molecule has 1 aromatic heterocycles. The van der Waals surface area contributed by atoms with Gasteiger partial charge in [-0.05, 0) is 25.0 Å². The Balaban J connectivity index is 2.52. The van der Waals surface area contributed by atoms with Crippen LogP contribution in [0.15, 0.2) is 33.9 Å². The average molecular weight is 316 g/mol. The monoisotopic (exact) mass is 316 g/mol. The van der Waals surface area contributed by atoms with Crippen LogP contribution in [0.2, 0.25) is 0 Å². The molecule has 0 aliphatic carbocycles. The van der Waals surface area contributed by atoms with Gasteiger partial charge in [0.05, 0.1) is 5.69 Å². The lowest BCUT2D eigenvalue weighted by molar-refractivity contribution is -0.116. The van der Waals surface area contributed by atoms with E-state index in [0.29, 0.717) is 12.2 Å². The summed E-state index contributed by atoms with van der Waals surface area (Å²) in [4.78, 5) is 44.0. The molecule has 1 N–H and O–H groups in total. The molecule has 0 aliphatic rings. The number of aromatic amines is 1. The van der Waals surface area contributed by atoms with E-state index in [1.54, 1.807) is 24.3 Å². The van der Waals surface area contributed by atoms with Crippen LogP contribution in [-0.2, 0) is 4.79 Å². The second-order valence-corrected chi connectivity index (χ2v) is 5.84. The second kappa shape index (κ2) is 6.60. The van der Waals surface area contributed by atoms with Gasteiger partial charge in [-0.25, -0.2) is 14.2 Å². The average Bonchev–Trinajstić information content (AvgIpc) is 2.45. The number of nitrogens with zero attached hydrogens (tertiary/aromatic N) is 3. The second-order valence-electron chi connectivity index (χ2n) is 5.84. The predicted octanol–water partition coefficient (Wildman–Crippen LogP) is 1.24. The largest absolute Gasteiger partial charge is 0.359 e. The molecular weight excluding hydrogens is 296 g/mol. The summed E-state index contributed by atoms with van der Waals surface area (Å²) in [6.07, 6.45) is 0. The number of aryl methyl sites for hydroxylation is 1. The van der Waals surface area contributed by atoms with E-state index in [1.807, 2.05) is 20.8 Å². The number of anilines is 1. The normalized spacial score (nSPS) is 10.8. The number of aromatic nitrogens is 3. The highest BCUT2D eigenvalue weighted by molar-refractivity contribution is 5.89. The molecule has 2 rings (SSSR count). The van der Waals surface area contributed by atoms with E-state index >= 15 is 0 Å². The maximum Gasteiger partial charge on any atom is 0.359 e. The number of rotatable bonds is 4. The van der Waals surface area contributed by atoms with E-state index in [9.17, 15) is 14.4 Å². The van der Waals surface area contributed by atoms with Crippen molar-refractivity contribution in [2.45, 2.75) is 27.7 Å².